The normalized spacial score (nSPS) is 20.2. The van der Waals surface area contributed by atoms with Gasteiger partial charge in [0.15, 0.2) is 0 Å². The minimum absolute atomic E-state index is 0.190. The van der Waals surface area contributed by atoms with Gasteiger partial charge in [-0.15, -0.1) is 0 Å². The van der Waals surface area contributed by atoms with Crippen molar-refractivity contribution >= 4 is 5.91 Å². The van der Waals surface area contributed by atoms with Crippen LogP contribution in [0.2, 0.25) is 0 Å². The topological polar surface area (TPSA) is 62.0 Å². The monoisotopic (exact) mass is 384 g/mol. The fraction of sp³-hybridized carbons (Fsp3) is 0.524. The molecule has 0 N–H and O–H groups in total. The maximum absolute atomic E-state index is 13.4. The van der Waals surface area contributed by atoms with Crippen molar-refractivity contribution in [3.8, 4) is 0 Å². The predicted octanol–water partition coefficient (Wildman–Crippen LogP) is 1.70. The van der Waals surface area contributed by atoms with Crippen LogP contribution in [0.1, 0.15) is 23.1 Å². The molecule has 0 bridgehead atoms. The highest BCUT2D eigenvalue weighted by Gasteiger charge is 2.34. The Labute approximate surface area is 165 Å². The second-order valence-electron chi connectivity index (χ2n) is 7.49. The number of aromatic nitrogens is 1. The van der Waals surface area contributed by atoms with Crippen LogP contribution in [-0.4, -0.2) is 78.2 Å². The van der Waals surface area contributed by atoms with E-state index >= 15 is 0 Å². The van der Waals surface area contributed by atoms with Crippen LogP contribution in [0.4, 0.5) is 0 Å². The van der Waals surface area contributed by atoms with Gasteiger partial charge < -0.3 is 14.2 Å². The zero-order valence-electron chi connectivity index (χ0n) is 16.4. The number of hydrogen-bond acceptors (Lipinski definition) is 6. The molecule has 1 aromatic heterocycles. The molecule has 7 nitrogen and oxygen atoms in total. The van der Waals surface area contributed by atoms with Gasteiger partial charge >= 0.3 is 0 Å². The lowest BCUT2D eigenvalue weighted by Gasteiger charge is -2.40. The van der Waals surface area contributed by atoms with Crippen LogP contribution in [0.5, 0.6) is 0 Å². The van der Waals surface area contributed by atoms with E-state index in [4.69, 9.17) is 9.26 Å². The summed E-state index contributed by atoms with van der Waals surface area (Å²) in [4.78, 5) is 20.0. The molecule has 2 aliphatic rings. The molecule has 0 aliphatic carbocycles. The van der Waals surface area contributed by atoms with Gasteiger partial charge in [-0.05, 0) is 12.5 Å². The first kappa shape index (κ1) is 19.1. The first-order chi connectivity index (χ1) is 13.7. The number of nitrogens with zero attached hydrogens (tertiary/aromatic N) is 4. The van der Waals surface area contributed by atoms with E-state index in [2.05, 4.69) is 27.1 Å². The van der Waals surface area contributed by atoms with E-state index in [0.717, 1.165) is 49.7 Å². The van der Waals surface area contributed by atoms with E-state index in [0.29, 0.717) is 26.3 Å². The Kier molecular flexibility index (Phi) is 6.04. The lowest BCUT2D eigenvalue weighted by Crippen LogP contribution is -2.52. The summed E-state index contributed by atoms with van der Waals surface area (Å²) >= 11 is 0. The third-order valence-corrected chi connectivity index (χ3v) is 5.51. The van der Waals surface area contributed by atoms with E-state index in [1.807, 2.05) is 36.1 Å². The number of hydrogen-bond donors (Lipinski definition) is 0. The summed E-state index contributed by atoms with van der Waals surface area (Å²) in [5.74, 6) is 1.03. The van der Waals surface area contributed by atoms with Crippen LogP contribution in [0.25, 0.3) is 0 Å². The summed E-state index contributed by atoms with van der Waals surface area (Å²) in [6, 6.07) is 11.9. The van der Waals surface area contributed by atoms with Gasteiger partial charge in [0.1, 0.15) is 11.8 Å². The third kappa shape index (κ3) is 4.43. The summed E-state index contributed by atoms with van der Waals surface area (Å²) in [5, 5.41) is 4.10. The lowest BCUT2D eigenvalue weighted by atomic mass is 10.0. The second-order valence-corrected chi connectivity index (χ2v) is 7.49. The number of carbonyl (C=O) groups excluding carboxylic acids is 1. The minimum Gasteiger partial charge on any atom is -0.378 e. The number of rotatable bonds is 5. The molecule has 1 unspecified atom stereocenters. The molecule has 2 saturated heterocycles. The summed E-state index contributed by atoms with van der Waals surface area (Å²) in [6.45, 7) is 8.82. The molecule has 28 heavy (non-hydrogen) atoms. The summed E-state index contributed by atoms with van der Waals surface area (Å²) in [6.07, 6.45) is 0. The van der Waals surface area contributed by atoms with Gasteiger partial charge in [-0.2, -0.15) is 0 Å². The molecular weight excluding hydrogens is 356 g/mol. The minimum atomic E-state index is -0.226. The van der Waals surface area contributed by atoms with Gasteiger partial charge in [-0.1, -0.05) is 35.5 Å². The highest BCUT2D eigenvalue weighted by molar-refractivity contribution is 5.83. The molecule has 1 atom stereocenters. The van der Waals surface area contributed by atoms with Crippen molar-refractivity contribution < 1.29 is 14.1 Å². The van der Waals surface area contributed by atoms with Crippen LogP contribution < -0.4 is 0 Å². The summed E-state index contributed by atoms with van der Waals surface area (Å²) in [5.41, 5.74) is 2.04. The van der Waals surface area contributed by atoms with Gasteiger partial charge in [0.25, 0.3) is 0 Å². The number of benzene rings is 1. The molecule has 2 aromatic rings. The number of amides is 1. The molecule has 1 amide bonds. The third-order valence-electron chi connectivity index (χ3n) is 5.51. The largest absolute Gasteiger partial charge is 0.378 e. The highest BCUT2D eigenvalue weighted by Crippen LogP contribution is 2.25. The molecule has 3 heterocycles. The van der Waals surface area contributed by atoms with Crippen molar-refractivity contribution in [3.05, 3.63) is 53.4 Å². The maximum Gasteiger partial charge on any atom is 0.244 e. The van der Waals surface area contributed by atoms with Gasteiger partial charge in [-0.3, -0.25) is 14.6 Å². The maximum atomic E-state index is 13.4. The van der Waals surface area contributed by atoms with Crippen molar-refractivity contribution in [1.29, 1.82) is 0 Å². The number of piperazine rings is 1. The molecule has 2 aliphatic heterocycles. The first-order valence-electron chi connectivity index (χ1n) is 10.0. The van der Waals surface area contributed by atoms with Crippen molar-refractivity contribution in [1.82, 2.24) is 19.9 Å². The molecule has 0 radical (unpaired) electrons. The van der Waals surface area contributed by atoms with E-state index in [-0.39, 0.29) is 11.9 Å². The molecule has 7 heteroatoms. The second kappa shape index (κ2) is 8.86. The lowest BCUT2D eigenvalue weighted by molar-refractivity contribution is -0.142. The molecule has 4 rings (SSSR count). The average Bonchev–Trinajstić information content (AvgIpc) is 3.15. The summed E-state index contributed by atoms with van der Waals surface area (Å²) < 4.78 is 10.6. The van der Waals surface area contributed by atoms with Crippen LogP contribution in [0.3, 0.4) is 0 Å². The van der Waals surface area contributed by atoms with Crippen LogP contribution in [0.15, 0.2) is 40.9 Å². The van der Waals surface area contributed by atoms with Gasteiger partial charge in [0, 0.05) is 51.9 Å². The van der Waals surface area contributed by atoms with E-state index in [1.54, 1.807) is 0 Å². The van der Waals surface area contributed by atoms with Crippen molar-refractivity contribution in [3.63, 3.8) is 0 Å². The van der Waals surface area contributed by atoms with Crippen LogP contribution in [0, 0.1) is 6.92 Å². The fourth-order valence-electron chi connectivity index (χ4n) is 4.00. The Bertz CT molecular complexity index is 765. The van der Waals surface area contributed by atoms with Crippen molar-refractivity contribution in [2.45, 2.75) is 19.5 Å². The number of morpholine rings is 1. The number of aryl methyl sites for hydroxylation is 1. The van der Waals surface area contributed by atoms with E-state index < -0.39 is 0 Å². The molecule has 0 saturated carbocycles. The SMILES string of the molecule is Cc1cc(CN2CCN(C(C(=O)N3CCOCC3)c3ccccc3)CC2)no1. The molecule has 0 spiro atoms. The Hall–Kier alpha value is -2.22. The quantitative estimate of drug-likeness (QED) is 0.782. The zero-order chi connectivity index (χ0) is 19.3. The summed E-state index contributed by atoms with van der Waals surface area (Å²) in [7, 11) is 0. The Morgan fingerprint density at radius 1 is 1.07 bits per heavy atom. The molecular formula is C21H28N4O3. The Balaban J connectivity index is 1.44. The van der Waals surface area contributed by atoms with E-state index in [9.17, 15) is 4.79 Å². The fourth-order valence-corrected chi connectivity index (χ4v) is 4.00. The Morgan fingerprint density at radius 3 is 2.43 bits per heavy atom. The molecule has 1 aromatic carbocycles. The van der Waals surface area contributed by atoms with Gasteiger partial charge in [0.2, 0.25) is 5.91 Å². The van der Waals surface area contributed by atoms with Crippen LogP contribution in [-0.2, 0) is 16.1 Å². The number of carbonyl (C=O) groups is 1. The van der Waals surface area contributed by atoms with Crippen LogP contribution >= 0.6 is 0 Å². The zero-order valence-corrected chi connectivity index (χ0v) is 16.4. The van der Waals surface area contributed by atoms with Gasteiger partial charge in [-0.25, -0.2) is 0 Å². The molecule has 2 fully saturated rings. The Morgan fingerprint density at radius 2 is 1.79 bits per heavy atom. The first-order valence-corrected chi connectivity index (χ1v) is 10.0. The average molecular weight is 384 g/mol. The molecule has 150 valence electrons. The number of ether oxygens (including phenoxy) is 1. The van der Waals surface area contributed by atoms with E-state index in [1.165, 1.54) is 0 Å². The highest BCUT2D eigenvalue weighted by atomic mass is 16.5. The smallest absolute Gasteiger partial charge is 0.244 e. The van der Waals surface area contributed by atoms with Crippen molar-refractivity contribution in [2.75, 3.05) is 52.5 Å². The standard InChI is InChI=1S/C21H28N4O3/c1-17-15-19(22-28-17)16-23-7-9-24(10-8-23)20(18-5-3-2-4-6-18)21(26)25-11-13-27-14-12-25/h2-6,15,20H,7-14,16H2,1H3. The predicted molar refractivity (Wildman–Crippen MR) is 105 cm³/mol. The van der Waals surface area contributed by atoms with Gasteiger partial charge in [0.05, 0.1) is 18.9 Å². The van der Waals surface area contributed by atoms with Crippen molar-refractivity contribution in [2.24, 2.45) is 0 Å².